The Labute approximate surface area is 143 Å². The van der Waals surface area contributed by atoms with Crippen molar-refractivity contribution in [2.24, 2.45) is 11.7 Å². The summed E-state index contributed by atoms with van der Waals surface area (Å²) in [6.45, 7) is 1.34. The van der Waals surface area contributed by atoms with E-state index in [9.17, 15) is 22.8 Å². The molecule has 0 aromatic heterocycles. The minimum Gasteiger partial charge on any atom is -0.389 e. The summed E-state index contributed by atoms with van der Waals surface area (Å²) in [6.07, 6.45) is -4.94. The number of carbonyl (C=O) groups is 2. The first kappa shape index (κ1) is 20.5. The highest BCUT2D eigenvalue weighted by molar-refractivity contribution is 5.86. The number of rotatable bonds is 6. The molecule has 138 valence electrons. The van der Waals surface area contributed by atoms with E-state index in [1.165, 1.54) is 12.4 Å². The molecule has 1 atom stereocenters. The molecule has 1 rings (SSSR count). The number of hydrogen-bond donors (Lipinski definition) is 3. The lowest BCUT2D eigenvalue weighted by atomic mass is 10.0. The number of nitrogens with zero attached hydrogens (tertiary/aromatic N) is 1. The average molecular weight is 359 g/mol. The molecule has 0 fully saturated rings. The molecule has 0 aliphatic heterocycles. The van der Waals surface area contributed by atoms with E-state index in [-0.39, 0.29) is 17.9 Å². The SMILES string of the molecule is CN/C(=C(/N)C(=O)[NH2+]c1ccccc1)C(C)CN(C)C(=O)C(F)(F)F. The van der Waals surface area contributed by atoms with Crippen LogP contribution in [0.25, 0.3) is 0 Å². The predicted molar refractivity (Wildman–Crippen MR) is 86.2 cm³/mol. The molecule has 0 aliphatic rings. The first-order chi connectivity index (χ1) is 11.6. The standard InChI is InChI=1S/C16H21F3N4O2/c1-10(9-23(3)15(25)16(17,18)19)13(21-2)12(20)14(24)22-11-7-5-4-6-8-11/h4-8,10,21H,9,20H2,1-3H3,(H,22,24)/p+1/b13-12+. The summed E-state index contributed by atoms with van der Waals surface area (Å²) >= 11 is 0. The zero-order valence-corrected chi connectivity index (χ0v) is 14.2. The Bertz CT molecular complexity index is 645. The van der Waals surface area contributed by atoms with Gasteiger partial charge in [-0.15, -0.1) is 0 Å². The van der Waals surface area contributed by atoms with Gasteiger partial charge in [0.1, 0.15) is 5.69 Å². The monoisotopic (exact) mass is 359 g/mol. The third-order valence-electron chi connectivity index (χ3n) is 3.55. The lowest BCUT2D eigenvalue weighted by molar-refractivity contribution is -0.479. The number of quaternary nitrogens is 1. The van der Waals surface area contributed by atoms with E-state index < -0.39 is 23.9 Å². The maximum Gasteiger partial charge on any atom is 0.471 e. The van der Waals surface area contributed by atoms with Crippen LogP contribution in [0.1, 0.15) is 6.92 Å². The van der Waals surface area contributed by atoms with Gasteiger partial charge in [0.15, 0.2) is 5.70 Å². The van der Waals surface area contributed by atoms with Crippen LogP contribution in [0.15, 0.2) is 41.7 Å². The van der Waals surface area contributed by atoms with Crippen LogP contribution in [0.3, 0.4) is 0 Å². The van der Waals surface area contributed by atoms with E-state index in [1.807, 2.05) is 0 Å². The molecule has 0 radical (unpaired) electrons. The lowest BCUT2D eigenvalue weighted by Gasteiger charge is -2.24. The molecule has 0 bridgehead atoms. The average Bonchev–Trinajstić information content (AvgIpc) is 2.54. The molecule has 2 amide bonds. The molecule has 1 unspecified atom stereocenters. The van der Waals surface area contributed by atoms with Crippen molar-refractivity contribution in [2.45, 2.75) is 13.1 Å². The van der Waals surface area contributed by atoms with Crippen molar-refractivity contribution in [1.29, 1.82) is 0 Å². The van der Waals surface area contributed by atoms with Gasteiger partial charge in [-0.1, -0.05) is 25.1 Å². The Morgan fingerprint density at radius 1 is 1.28 bits per heavy atom. The minimum atomic E-state index is -4.94. The van der Waals surface area contributed by atoms with Crippen LogP contribution in [-0.4, -0.2) is 43.5 Å². The second-order valence-electron chi connectivity index (χ2n) is 5.58. The Morgan fingerprint density at radius 2 is 1.84 bits per heavy atom. The van der Waals surface area contributed by atoms with Gasteiger partial charge in [-0.3, -0.25) is 4.79 Å². The predicted octanol–water partition coefficient (Wildman–Crippen LogP) is 0.455. The van der Waals surface area contributed by atoms with Gasteiger partial charge < -0.3 is 16.0 Å². The van der Waals surface area contributed by atoms with E-state index in [1.54, 1.807) is 37.3 Å². The van der Waals surface area contributed by atoms with Crippen LogP contribution in [0, 0.1) is 5.92 Å². The molecule has 1 aromatic carbocycles. The van der Waals surface area contributed by atoms with Gasteiger partial charge in [0.05, 0.1) is 0 Å². The third-order valence-corrected chi connectivity index (χ3v) is 3.55. The van der Waals surface area contributed by atoms with E-state index in [2.05, 4.69) is 5.32 Å². The Balaban J connectivity index is 2.88. The molecule has 1 aromatic rings. The fourth-order valence-electron chi connectivity index (χ4n) is 2.36. The van der Waals surface area contributed by atoms with Crippen LogP contribution < -0.4 is 16.4 Å². The van der Waals surface area contributed by atoms with Gasteiger partial charge in [0.2, 0.25) is 0 Å². The van der Waals surface area contributed by atoms with Crippen molar-refractivity contribution in [1.82, 2.24) is 10.2 Å². The highest BCUT2D eigenvalue weighted by atomic mass is 19.4. The van der Waals surface area contributed by atoms with Gasteiger partial charge in [0, 0.05) is 32.3 Å². The van der Waals surface area contributed by atoms with E-state index in [0.717, 1.165) is 7.05 Å². The summed E-state index contributed by atoms with van der Waals surface area (Å²) in [5, 5.41) is 4.08. The molecule has 25 heavy (non-hydrogen) atoms. The highest BCUT2D eigenvalue weighted by Crippen LogP contribution is 2.19. The number of nitrogens with one attached hydrogen (secondary N) is 1. The molecule has 0 saturated carbocycles. The number of primary amides is 1. The second-order valence-corrected chi connectivity index (χ2v) is 5.58. The van der Waals surface area contributed by atoms with Crippen LogP contribution in [-0.2, 0) is 9.59 Å². The number of carbonyl (C=O) groups excluding carboxylic acids is 2. The molecule has 0 aliphatic carbocycles. The van der Waals surface area contributed by atoms with Crippen molar-refractivity contribution in [3.63, 3.8) is 0 Å². The van der Waals surface area contributed by atoms with Gasteiger partial charge >= 0.3 is 18.0 Å². The minimum absolute atomic E-state index is 0.105. The number of hydrogen-bond acceptors (Lipinski definition) is 4. The summed E-state index contributed by atoms with van der Waals surface area (Å²) in [5.41, 5.74) is 6.70. The molecule has 0 spiro atoms. The lowest BCUT2D eigenvalue weighted by Crippen LogP contribution is -2.83. The summed E-state index contributed by atoms with van der Waals surface area (Å²) in [4.78, 5) is 24.0. The van der Waals surface area contributed by atoms with Crippen molar-refractivity contribution < 1.29 is 28.1 Å². The Hall–Kier alpha value is -2.55. The summed E-state index contributed by atoms with van der Waals surface area (Å²) in [5.74, 6) is -3.00. The molecule has 0 heterocycles. The topological polar surface area (TPSA) is 92.0 Å². The molecule has 5 N–H and O–H groups in total. The van der Waals surface area contributed by atoms with Crippen molar-refractivity contribution in [3.8, 4) is 0 Å². The van der Waals surface area contributed by atoms with Crippen molar-refractivity contribution in [2.75, 3.05) is 20.6 Å². The Kier molecular flexibility index (Phi) is 6.98. The normalized spacial score (nSPS) is 13.7. The highest BCUT2D eigenvalue weighted by Gasteiger charge is 2.41. The number of amides is 2. The molecular weight excluding hydrogens is 337 g/mol. The zero-order valence-electron chi connectivity index (χ0n) is 14.2. The van der Waals surface area contributed by atoms with Crippen molar-refractivity contribution >= 4 is 17.5 Å². The summed E-state index contributed by atoms with van der Waals surface area (Å²) in [7, 11) is 2.56. The molecule has 6 nitrogen and oxygen atoms in total. The van der Waals surface area contributed by atoms with E-state index in [4.69, 9.17) is 5.73 Å². The van der Waals surface area contributed by atoms with Gasteiger partial charge in [-0.2, -0.15) is 13.2 Å². The van der Waals surface area contributed by atoms with Crippen molar-refractivity contribution in [3.05, 3.63) is 41.7 Å². The van der Waals surface area contributed by atoms with E-state index in [0.29, 0.717) is 10.6 Å². The maximum absolute atomic E-state index is 12.5. The summed E-state index contributed by atoms with van der Waals surface area (Å²) in [6, 6.07) is 8.78. The van der Waals surface area contributed by atoms with Gasteiger partial charge in [-0.05, 0) is 12.1 Å². The first-order valence-corrected chi connectivity index (χ1v) is 7.51. The number of benzene rings is 1. The molecular formula is C16H22F3N4O2+. The third kappa shape index (κ3) is 5.79. The smallest absolute Gasteiger partial charge is 0.389 e. The number of para-hydroxylation sites is 1. The molecule has 0 saturated heterocycles. The number of nitrogens with two attached hydrogens (primary N) is 2. The van der Waals surface area contributed by atoms with Crippen LogP contribution in [0.5, 0.6) is 0 Å². The maximum atomic E-state index is 12.5. The van der Waals surface area contributed by atoms with Crippen LogP contribution >= 0.6 is 0 Å². The second kappa shape index (κ2) is 8.52. The fourth-order valence-corrected chi connectivity index (χ4v) is 2.36. The quantitative estimate of drug-likeness (QED) is 0.508. The largest absolute Gasteiger partial charge is 0.471 e. The zero-order chi connectivity index (χ0) is 19.2. The van der Waals surface area contributed by atoms with Crippen LogP contribution in [0.2, 0.25) is 0 Å². The first-order valence-electron chi connectivity index (χ1n) is 7.51. The summed E-state index contributed by atoms with van der Waals surface area (Å²) < 4.78 is 37.4. The number of halogens is 3. The van der Waals surface area contributed by atoms with E-state index >= 15 is 0 Å². The molecule has 9 heteroatoms. The fraction of sp³-hybridized carbons (Fsp3) is 0.375. The van der Waals surface area contributed by atoms with Crippen LogP contribution in [0.4, 0.5) is 18.9 Å². The van der Waals surface area contributed by atoms with Gasteiger partial charge in [-0.25, -0.2) is 10.1 Å². The Morgan fingerprint density at radius 3 is 2.32 bits per heavy atom. The number of alkyl halides is 3. The van der Waals surface area contributed by atoms with Gasteiger partial charge in [0.25, 0.3) is 0 Å².